The smallest absolute Gasteiger partial charge is 0.338 e. The highest BCUT2D eigenvalue weighted by molar-refractivity contribution is 7.89. The van der Waals surface area contributed by atoms with Crippen molar-refractivity contribution < 1.29 is 17.9 Å². The summed E-state index contributed by atoms with van der Waals surface area (Å²) in [6, 6.07) is 4.82. The highest BCUT2D eigenvalue weighted by Gasteiger charge is 2.31. The van der Waals surface area contributed by atoms with Crippen LogP contribution in [0.15, 0.2) is 23.1 Å². The van der Waals surface area contributed by atoms with Crippen molar-refractivity contribution in [3.63, 3.8) is 0 Å². The summed E-state index contributed by atoms with van der Waals surface area (Å²) in [6.07, 6.45) is 5.92. The van der Waals surface area contributed by atoms with Crippen LogP contribution in [-0.2, 0) is 21.4 Å². The summed E-state index contributed by atoms with van der Waals surface area (Å²) < 4.78 is 38.0. The second-order valence-corrected chi connectivity index (χ2v) is 11.0. The molecule has 0 radical (unpaired) electrons. The van der Waals surface area contributed by atoms with Gasteiger partial charge >= 0.3 is 5.97 Å². The van der Waals surface area contributed by atoms with Crippen molar-refractivity contribution in [2.24, 2.45) is 0 Å². The second kappa shape index (κ2) is 9.81. The lowest BCUT2D eigenvalue weighted by Gasteiger charge is -2.33. The van der Waals surface area contributed by atoms with Gasteiger partial charge in [0.05, 0.1) is 11.3 Å². The Hall–Kier alpha value is -1.75. The third kappa shape index (κ3) is 5.02. The Bertz CT molecular complexity index is 1030. The molecule has 3 heterocycles. The van der Waals surface area contributed by atoms with Crippen LogP contribution < -0.4 is 4.90 Å². The lowest BCUT2D eigenvalue weighted by molar-refractivity contribution is 0.0467. The van der Waals surface area contributed by atoms with E-state index < -0.39 is 16.0 Å². The molecule has 1 aromatic carbocycles. The van der Waals surface area contributed by atoms with Crippen molar-refractivity contribution in [2.75, 3.05) is 31.1 Å². The van der Waals surface area contributed by atoms with Crippen molar-refractivity contribution in [3.05, 3.63) is 33.8 Å². The average molecular weight is 485 g/mol. The monoisotopic (exact) mass is 484 g/mol. The molecule has 2 fully saturated rings. The number of sulfonamides is 1. The predicted octanol–water partition coefficient (Wildman–Crippen LogP) is 3.71. The van der Waals surface area contributed by atoms with Gasteiger partial charge in [0.15, 0.2) is 0 Å². The van der Waals surface area contributed by atoms with Gasteiger partial charge in [-0.25, -0.2) is 13.2 Å². The van der Waals surface area contributed by atoms with E-state index in [2.05, 4.69) is 14.5 Å². The van der Waals surface area contributed by atoms with E-state index in [0.717, 1.165) is 63.1 Å². The average Bonchev–Trinajstić information content (AvgIpc) is 3.23. The molecule has 0 bridgehead atoms. The second-order valence-electron chi connectivity index (χ2n) is 7.76. The molecule has 2 aliphatic rings. The van der Waals surface area contributed by atoms with E-state index in [9.17, 15) is 13.2 Å². The maximum Gasteiger partial charge on any atom is 0.338 e. The van der Waals surface area contributed by atoms with Gasteiger partial charge in [0.1, 0.15) is 21.5 Å². The van der Waals surface area contributed by atoms with Crippen LogP contribution in [0.2, 0.25) is 4.34 Å². The lowest BCUT2D eigenvalue weighted by Crippen LogP contribution is -2.37. The Balaban J connectivity index is 1.64. The van der Waals surface area contributed by atoms with Crippen molar-refractivity contribution in [1.29, 1.82) is 0 Å². The maximum absolute atomic E-state index is 13.5. The number of nitrogens with zero attached hydrogens (tertiary/aromatic N) is 4. The molecule has 2 aliphatic heterocycles. The minimum atomic E-state index is -3.72. The minimum Gasteiger partial charge on any atom is -0.455 e. The highest BCUT2D eigenvalue weighted by atomic mass is 35.5. The number of hydrogen-bond donors (Lipinski definition) is 0. The third-order valence-corrected chi connectivity index (χ3v) is 8.59. The first-order chi connectivity index (χ1) is 15.0. The third-order valence-electron chi connectivity index (χ3n) is 5.67. The standard InChI is InChI=1S/C20H25ClN4O4S2/c21-19-16(22-23-30-19)14-29-20(26)15-7-8-17(24-9-3-1-4-10-24)18(13-15)31(27,28)25-11-5-2-6-12-25/h7-8,13H,1-6,9-12,14H2. The molecule has 0 amide bonds. The number of anilines is 1. The quantitative estimate of drug-likeness (QED) is 0.577. The molecule has 2 aromatic rings. The fourth-order valence-electron chi connectivity index (χ4n) is 3.99. The molecule has 0 N–H and O–H groups in total. The van der Waals surface area contributed by atoms with Gasteiger partial charge < -0.3 is 9.64 Å². The molecular weight excluding hydrogens is 460 g/mol. The predicted molar refractivity (Wildman–Crippen MR) is 119 cm³/mol. The molecule has 4 rings (SSSR count). The zero-order valence-corrected chi connectivity index (χ0v) is 19.5. The topological polar surface area (TPSA) is 92.7 Å². The van der Waals surface area contributed by atoms with E-state index >= 15 is 0 Å². The van der Waals surface area contributed by atoms with E-state index in [4.69, 9.17) is 16.3 Å². The first kappa shape index (κ1) is 22.4. The zero-order chi connectivity index (χ0) is 21.8. The van der Waals surface area contributed by atoms with Gasteiger partial charge in [0.2, 0.25) is 10.0 Å². The molecule has 0 atom stereocenters. The number of esters is 1. The first-order valence-corrected chi connectivity index (χ1v) is 13.1. The SMILES string of the molecule is O=C(OCc1nnsc1Cl)c1ccc(N2CCCCC2)c(S(=O)(=O)N2CCCCC2)c1. The molecule has 0 saturated carbocycles. The van der Waals surface area contributed by atoms with Crippen LogP contribution in [0.3, 0.4) is 0 Å². The van der Waals surface area contributed by atoms with E-state index in [0.29, 0.717) is 28.8 Å². The van der Waals surface area contributed by atoms with E-state index in [1.807, 2.05) is 0 Å². The highest BCUT2D eigenvalue weighted by Crippen LogP contribution is 2.32. The van der Waals surface area contributed by atoms with Gasteiger partial charge in [-0.2, -0.15) is 4.31 Å². The molecule has 0 aliphatic carbocycles. The molecule has 2 saturated heterocycles. The van der Waals surface area contributed by atoms with Gasteiger partial charge in [-0.1, -0.05) is 22.5 Å². The van der Waals surface area contributed by atoms with Crippen LogP contribution in [0.25, 0.3) is 0 Å². The van der Waals surface area contributed by atoms with Crippen molar-refractivity contribution in [1.82, 2.24) is 13.9 Å². The Morgan fingerprint density at radius 3 is 2.39 bits per heavy atom. The number of ether oxygens (including phenoxy) is 1. The van der Waals surface area contributed by atoms with Crippen molar-refractivity contribution in [3.8, 4) is 0 Å². The Morgan fingerprint density at radius 1 is 1.06 bits per heavy atom. The summed E-state index contributed by atoms with van der Waals surface area (Å²) in [6.45, 7) is 2.51. The van der Waals surface area contributed by atoms with Gasteiger partial charge in [-0.3, -0.25) is 0 Å². The van der Waals surface area contributed by atoms with E-state index in [1.165, 1.54) is 10.4 Å². The molecular formula is C20H25ClN4O4S2. The van der Waals surface area contributed by atoms with E-state index in [1.54, 1.807) is 12.1 Å². The number of rotatable bonds is 6. The van der Waals surface area contributed by atoms with Crippen molar-refractivity contribution in [2.45, 2.75) is 50.0 Å². The van der Waals surface area contributed by atoms with Gasteiger partial charge in [-0.15, -0.1) is 5.10 Å². The fraction of sp³-hybridized carbons (Fsp3) is 0.550. The Labute approximate surface area is 191 Å². The van der Waals surface area contributed by atoms with Crippen molar-refractivity contribution >= 4 is 44.8 Å². The summed E-state index contributed by atoms with van der Waals surface area (Å²) in [5.74, 6) is -0.621. The largest absolute Gasteiger partial charge is 0.455 e. The molecule has 0 unspecified atom stereocenters. The normalized spacial score (nSPS) is 18.2. The minimum absolute atomic E-state index is 0.115. The number of halogens is 1. The van der Waals surface area contributed by atoms with Crippen LogP contribution in [0.5, 0.6) is 0 Å². The van der Waals surface area contributed by atoms with Gasteiger partial charge in [0, 0.05) is 37.7 Å². The number of carbonyl (C=O) groups excluding carboxylic acids is 1. The summed E-state index contributed by atoms with van der Waals surface area (Å²) in [5, 5.41) is 3.82. The molecule has 0 spiro atoms. The lowest BCUT2D eigenvalue weighted by atomic mass is 10.1. The summed E-state index contributed by atoms with van der Waals surface area (Å²) in [4.78, 5) is 14.9. The van der Waals surface area contributed by atoms with Crippen LogP contribution >= 0.6 is 23.1 Å². The number of aromatic nitrogens is 2. The van der Waals surface area contributed by atoms with E-state index in [-0.39, 0.29) is 17.1 Å². The number of hydrogen-bond acceptors (Lipinski definition) is 8. The van der Waals surface area contributed by atoms with Crippen LogP contribution in [0.1, 0.15) is 54.6 Å². The molecule has 11 heteroatoms. The van der Waals surface area contributed by atoms with Gasteiger partial charge in [-0.05, 0) is 50.3 Å². The zero-order valence-electron chi connectivity index (χ0n) is 17.1. The maximum atomic E-state index is 13.5. The number of carbonyl (C=O) groups is 1. The Morgan fingerprint density at radius 2 is 1.74 bits per heavy atom. The Kier molecular flexibility index (Phi) is 7.10. The summed E-state index contributed by atoms with van der Waals surface area (Å²) >= 11 is 6.97. The van der Waals surface area contributed by atoms with Crippen LogP contribution in [-0.4, -0.2) is 54.5 Å². The first-order valence-electron chi connectivity index (χ1n) is 10.5. The molecule has 168 valence electrons. The molecule has 1 aromatic heterocycles. The summed E-state index contributed by atoms with van der Waals surface area (Å²) in [5.41, 5.74) is 1.23. The van der Waals surface area contributed by atoms with Crippen LogP contribution in [0.4, 0.5) is 5.69 Å². The van der Waals surface area contributed by atoms with Gasteiger partial charge in [0.25, 0.3) is 0 Å². The van der Waals surface area contributed by atoms with Crippen LogP contribution in [0, 0.1) is 0 Å². The summed E-state index contributed by atoms with van der Waals surface area (Å²) in [7, 11) is -3.72. The molecule has 31 heavy (non-hydrogen) atoms. The fourth-order valence-corrected chi connectivity index (χ4v) is 6.34. The number of piperidine rings is 2. The molecule has 8 nitrogen and oxygen atoms in total. The number of benzene rings is 1.